The van der Waals surface area contributed by atoms with Crippen LogP contribution in [0.5, 0.6) is 5.75 Å². The second-order valence-corrected chi connectivity index (χ2v) is 4.40. The van der Waals surface area contributed by atoms with Crippen LogP contribution in [0.1, 0.15) is 23.2 Å². The quantitative estimate of drug-likeness (QED) is 0.640. The third-order valence-electron chi connectivity index (χ3n) is 3.07. The minimum Gasteiger partial charge on any atom is -0.497 e. The molecule has 1 aliphatic heterocycles. The van der Waals surface area contributed by atoms with E-state index in [1.54, 1.807) is 31.4 Å². The number of methoxy groups -OCH3 is 1. The van der Waals surface area contributed by atoms with Gasteiger partial charge in [0.05, 0.1) is 13.2 Å². The molecule has 0 spiro atoms. The Morgan fingerprint density at radius 2 is 2.11 bits per heavy atom. The van der Waals surface area contributed by atoms with Crippen LogP contribution in [0, 0.1) is 0 Å². The monoisotopic (exact) mass is 263 g/mol. The Morgan fingerprint density at radius 1 is 1.37 bits per heavy atom. The van der Waals surface area contributed by atoms with Crippen molar-refractivity contribution >= 4 is 11.7 Å². The molecule has 1 saturated heterocycles. The molecule has 0 aliphatic carbocycles. The lowest BCUT2D eigenvalue weighted by molar-refractivity contribution is -0.117. The Kier molecular flexibility index (Phi) is 4.52. The van der Waals surface area contributed by atoms with E-state index in [1.807, 2.05) is 0 Å². The summed E-state index contributed by atoms with van der Waals surface area (Å²) in [4.78, 5) is 23.6. The zero-order valence-corrected chi connectivity index (χ0v) is 10.8. The predicted molar refractivity (Wildman–Crippen MR) is 69.3 cm³/mol. The van der Waals surface area contributed by atoms with Gasteiger partial charge in [0.15, 0.2) is 0 Å². The maximum Gasteiger partial charge on any atom is 0.292 e. The van der Waals surface area contributed by atoms with E-state index in [0.29, 0.717) is 17.9 Å². The minimum atomic E-state index is -0.597. The average Bonchev–Trinajstić information content (AvgIpc) is 2.97. The first-order valence-electron chi connectivity index (χ1n) is 6.29. The molecule has 0 saturated carbocycles. The third-order valence-corrected chi connectivity index (χ3v) is 3.07. The summed E-state index contributed by atoms with van der Waals surface area (Å²) < 4.78 is 10.4. The molecule has 1 unspecified atom stereocenters. The summed E-state index contributed by atoms with van der Waals surface area (Å²) in [5, 5.41) is 2.61. The molecule has 1 N–H and O–H groups in total. The van der Waals surface area contributed by atoms with Crippen molar-refractivity contribution in [3.05, 3.63) is 29.8 Å². The van der Waals surface area contributed by atoms with Gasteiger partial charge < -0.3 is 14.8 Å². The van der Waals surface area contributed by atoms with Crippen LogP contribution in [0.2, 0.25) is 0 Å². The fraction of sp³-hybridized carbons (Fsp3) is 0.429. The van der Waals surface area contributed by atoms with Crippen LogP contribution in [0.3, 0.4) is 0 Å². The largest absolute Gasteiger partial charge is 0.497 e. The molecular formula is C14H17NO4. The first-order valence-corrected chi connectivity index (χ1v) is 6.29. The van der Waals surface area contributed by atoms with Crippen molar-refractivity contribution in [2.45, 2.75) is 18.9 Å². The summed E-state index contributed by atoms with van der Waals surface area (Å²) in [7, 11) is 1.55. The highest BCUT2D eigenvalue weighted by molar-refractivity contribution is 6.42. The van der Waals surface area contributed by atoms with Crippen molar-refractivity contribution in [3.8, 4) is 5.75 Å². The molecule has 5 nitrogen and oxygen atoms in total. The first kappa shape index (κ1) is 13.5. The number of Topliss-reactive ketones (excluding diaryl/α,β-unsaturated/α-hetero) is 1. The minimum absolute atomic E-state index is 0.0348. The lowest BCUT2D eigenvalue weighted by atomic mass is 10.1. The second kappa shape index (κ2) is 6.33. The van der Waals surface area contributed by atoms with Crippen molar-refractivity contribution in [1.82, 2.24) is 5.32 Å². The van der Waals surface area contributed by atoms with Crippen LogP contribution in [-0.4, -0.2) is 38.1 Å². The SMILES string of the molecule is COc1ccc(C(=O)C(=O)NCC2CCCO2)cc1. The topological polar surface area (TPSA) is 64.6 Å². The number of rotatable bonds is 5. The van der Waals surface area contributed by atoms with Gasteiger partial charge in [-0.15, -0.1) is 0 Å². The van der Waals surface area contributed by atoms with Crippen molar-refractivity contribution in [2.75, 3.05) is 20.3 Å². The van der Waals surface area contributed by atoms with E-state index in [9.17, 15) is 9.59 Å². The van der Waals surface area contributed by atoms with Gasteiger partial charge in [0.2, 0.25) is 5.78 Å². The van der Waals surface area contributed by atoms with Gasteiger partial charge in [-0.3, -0.25) is 9.59 Å². The summed E-state index contributed by atoms with van der Waals surface area (Å²) in [5.74, 6) is -0.488. The number of carbonyl (C=O) groups is 2. The van der Waals surface area contributed by atoms with Gasteiger partial charge in [-0.1, -0.05) is 0 Å². The number of amides is 1. The summed E-state index contributed by atoms with van der Waals surface area (Å²) in [6.07, 6.45) is 1.97. The summed E-state index contributed by atoms with van der Waals surface area (Å²) in [5.41, 5.74) is 0.352. The van der Waals surface area contributed by atoms with E-state index in [4.69, 9.17) is 9.47 Å². The Balaban J connectivity index is 1.88. The van der Waals surface area contributed by atoms with Crippen LogP contribution in [0.15, 0.2) is 24.3 Å². The molecule has 0 aromatic heterocycles. The third kappa shape index (κ3) is 3.54. The van der Waals surface area contributed by atoms with Crippen molar-refractivity contribution in [2.24, 2.45) is 0 Å². The highest BCUT2D eigenvalue weighted by Gasteiger charge is 2.20. The first-order chi connectivity index (χ1) is 9.20. The molecule has 19 heavy (non-hydrogen) atoms. The highest BCUT2D eigenvalue weighted by atomic mass is 16.5. The Morgan fingerprint density at radius 3 is 2.68 bits per heavy atom. The van der Waals surface area contributed by atoms with Crippen LogP contribution < -0.4 is 10.1 Å². The average molecular weight is 263 g/mol. The van der Waals surface area contributed by atoms with Gasteiger partial charge in [-0.05, 0) is 37.1 Å². The van der Waals surface area contributed by atoms with E-state index in [-0.39, 0.29) is 6.10 Å². The van der Waals surface area contributed by atoms with Crippen LogP contribution >= 0.6 is 0 Å². The smallest absolute Gasteiger partial charge is 0.292 e. The summed E-state index contributed by atoms with van der Waals surface area (Å²) in [6, 6.07) is 6.46. The maximum atomic E-state index is 11.9. The zero-order valence-electron chi connectivity index (χ0n) is 10.8. The molecule has 1 amide bonds. The summed E-state index contributed by atoms with van der Waals surface area (Å²) in [6.45, 7) is 1.12. The molecule has 0 bridgehead atoms. The van der Waals surface area contributed by atoms with Gasteiger partial charge in [0, 0.05) is 18.7 Å². The van der Waals surface area contributed by atoms with Crippen LogP contribution in [0.25, 0.3) is 0 Å². The number of ether oxygens (including phenoxy) is 2. The lowest BCUT2D eigenvalue weighted by Gasteiger charge is -2.10. The molecule has 5 heteroatoms. The van der Waals surface area contributed by atoms with Gasteiger partial charge in [0.1, 0.15) is 5.75 Å². The number of ketones is 1. The van der Waals surface area contributed by atoms with Gasteiger partial charge in [-0.2, -0.15) is 0 Å². The fourth-order valence-electron chi connectivity index (χ4n) is 1.97. The molecule has 1 aromatic rings. The molecule has 1 aromatic carbocycles. The molecule has 1 atom stereocenters. The van der Waals surface area contributed by atoms with Crippen LogP contribution in [0.4, 0.5) is 0 Å². The number of nitrogens with one attached hydrogen (secondary N) is 1. The standard InChI is InChI=1S/C14H17NO4/c1-18-11-6-4-10(5-7-11)13(16)14(17)15-9-12-3-2-8-19-12/h4-7,12H,2-3,8-9H2,1H3,(H,15,17). The molecule has 2 rings (SSSR count). The fourth-order valence-corrected chi connectivity index (χ4v) is 1.97. The number of benzene rings is 1. The molecular weight excluding hydrogens is 246 g/mol. The maximum absolute atomic E-state index is 11.9. The van der Waals surface area contributed by atoms with Crippen molar-refractivity contribution in [1.29, 1.82) is 0 Å². The lowest BCUT2D eigenvalue weighted by Crippen LogP contribution is -2.36. The van der Waals surface area contributed by atoms with Crippen molar-refractivity contribution in [3.63, 3.8) is 0 Å². The Bertz CT molecular complexity index is 449. The molecule has 1 aliphatic rings. The van der Waals surface area contributed by atoms with E-state index in [0.717, 1.165) is 19.4 Å². The summed E-state index contributed by atoms with van der Waals surface area (Å²) >= 11 is 0. The molecule has 0 radical (unpaired) electrons. The molecule has 102 valence electrons. The van der Waals surface area contributed by atoms with Gasteiger partial charge >= 0.3 is 0 Å². The van der Waals surface area contributed by atoms with Crippen LogP contribution in [-0.2, 0) is 9.53 Å². The number of hydrogen-bond acceptors (Lipinski definition) is 4. The molecule has 1 heterocycles. The van der Waals surface area contributed by atoms with Gasteiger partial charge in [0.25, 0.3) is 5.91 Å². The van der Waals surface area contributed by atoms with E-state index >= 15 is 0 Å². The van der Waals surface area contributed by atoms with E-state index < -0.39 is 11.7 Å². The number of carbonyl (C=O) groups excluding carboxylic acids is 2. The molecule has 1 fully saturated rings. The van der Waals surface area contributed by atoms with E-state index in [2.05, 4.69) is 5.32 Å². The normalized spacial score (nSPS) is 18.1. The number of hydrogen-bond donors (Lipinski definition) is 1. The van der Waals surface area contributed by atoms with E-state index in [1.165, 1.54) is 0 Å². The predicted octanol–water partition coefficient (Wildman–Crippen LogP) is 1.17. The Labute approximate surface area is 111 Å². The Hall–Kier alpha value is -1.88. The second-order valence-electron chi connectivity index (χ2n) is 4.40. The highest BCUT2D eigenvalue weighted by Crippen LogP contribution is 2.12. The zero-order chi connectivity index (χ0) is 13.7. The van der Waals surface area contributed by atoms with Gasteiger partial charge in [-0.25, -0.2) is 0 Å². The van der Waals surface area contributed by atoms with Crippen molar-refractivity contribution < 1.29 is 19.1 Å².